The molecule has 0 saturated carbocycles. The van der Waals surface area contributed by atoms with Crippen molar-refractivity contribution in [3.8, 4) is 0 Å². The van der Waals surface area contributed by atoms with Gasteiger partial charge in [0.15, 0.2) is 0 Å². The number of aryl methyl sites for hydroxylation is 2. The molecule has 0 radical (unpaired) electrons. The van der Waals surface area contributed by atoms with Crippen LogP contribution in [-0.2, 0) is 4.79 Å². The van der Waals surface area contributed by atoms with E-state index in [1.165, 1.54) is 0 Å². The van der Waals surface area contributed by atoms with Crippen LogP contribution in [-0.4, -0.2) is 33.2 Å². The van der Waals surface area contributed by atoms with Crippen molar-refractivity contribution in [3.05, 3.63) is 23.0 Å². The van der Waals surface area contributed by atoms with E-state index in [0.717, 1.165) is 0 Å². The zero-order chi connectivity index (χ0) is 14.8. The van der Waals surface area contributed by atoms with E-state index in [-0.39, 0.29) is 0 Å². The largest absolute Gasteiger partial charge is 0.480 e. The lowest BCUT2D eigenvalue weighted by molar-refractivity contribution is -0.142. The molecule has 19 heavy (non-hydrogen) atoms. The Morgan fingerprint density at radius 1 is 1.26 bits per heavy atom. The number of carbonyl (C=O) groups excluding carboxylic acids is 1. The molecule has 104 valence electrons. The van der Waals surface area contributed by atoms with E-state index in [9.17, 15) is 14.7 Å². The van der Waals surface area contributed by atoms with Crippen LogP contribution in [0.5, 0.6) is 0 Å². The van der Waals surface area contributed by atoms with Crippen LogP contribution in [0.25, 0.3) is 0 Å². The van der Waals surface area contributed by atoms with Crippen molar-refractivity contribution in [1.82, 2.24) is 15.5 Å². The fourth-order valence-corrected chi connectivity index (χ4v) is 1.64. The Kier molecular flexibility index (Phi) is 4.24. The van der Waals surface area contributed by atoms with Crippen LogP contribution in [0.3, 0.4) is 0 Å². The second-order valence-corrected chi connectivity index (χ2v) is 5.60. The van der Waals surface area contributed by atoms with Gasteiger partial charge in [0.05, 0.1) is 17.0 Å². The molecule has 6 heteroatoms. The fourth-order valence-electron chi connectivity index (χ4n) is 1.64. The smallest absolute Gasteiger partial charge is 0.326 e. The first-order chi connectivity index (χ1) is 8.62. The first-order valence-corrected chi connectivity index (χ1v) is 5.97. The van der Waals surface area contributed by atoms with Crippen molar-refractivity contribution < 1.29 is 14.7 Å². The van der Waals surface area contributed by atoms with Gasteiger partial charge in [-0.2, -0.15) is 10.2 Å². The molecule has 0 aromatic carbocycles. The van der Waals surface area contributed by atoms with Crippen molar-refractivity contribution in [2.75, 3.05) is 0 Å². The Balaban J connectivity index is 3.01. The number of nitrogens with one attached hydrogen (secondary N) is 1. The molecule has 0 unspecified atom stereocenters. The molecule has 0 aliphatic carbocycles. The summed E-state index contributed by atoms with van der Waals surface area (Å²) in [6.45, 7) is 8.66. The summed E-state index contributed by atoms with van der Waals surface area (Å²) in [6.07, 6.45) is 0. The first kappa shape index (κ1) is 15.1. The van der Waals surface area contributed by atoms with Crippen molar-refractivity contribution in [2.45, 2.75) is 40.7 Å². The number of nitrogens with zero attached hydrogens (tertiary/aromatic N) is 2. The highest BCUT2D eigenvalue weighted by Crippen LogP contribution is 2.20. The average molecular weight is 265 g/mol. The van der Waals surface area contributed by atoms with Gasteiger partial charge in [0.2, 0.25) is 0 Å². The SMILES string of the molecule is Cc1cc(C(=O)N[C@@H](C(=O)O)C(C)(C)C)c(C)nn1. The van der Waals surface area contributed by atoms with E-state index in [1.54, 1.807) is 40.7 Å². The molecule has 1 aromatic heterocycles. The molecule has 0 fully saturated rings. The maximum Gasteiger partial charge on any atom is 0.326 e. The van der Waals surface area contributed by atoms with Crippen molar-refractivity contribution in [3.63, 3.8) is 0 Å². The zero-order valence-electron chi connectivity index (χ0n) is 11.8. The van der Waals surface area contributed by atoms with Gasteiger partial charge in [0.25, 0.3) is 5.91 Å². The summed E-state index contributed by atoms with van der Waals surface area (Å²) >= 11 is 0. The zero-order valence-corrected chi connectivity index (χ0v) is 11.8. The van der Waals surface area contributed by atoms with Crippen LogP contribution in [0.2, 0.25) is 0 Å². The van der Waals surface area contributed by atoms with Gasteiger partial charge in [0.1, 0.15) is 6.04 Å². The molecule has 0 bridgehead atoms. The molecule has 1 heterocycles. The average Bonchev–Trinajstić information content (AvgIpc) is 2.26. The summed E-state index contributed by atoms with van der Waals surface area (Å²) in [5.74, 6) is -1.50. The third kappa shape index (κ3) is 3.74. The van der Waals surface area contributed by atoms with E-state index in [2.05, 4.69) is 15.5 Å². The van der Waals surface area contributed by atoms with Gasteiger partial charge < -0.3 is 10.4 Å². The van der Waals surface area contributed by atoms with Crippen LogP contribution in [0, 0.1) is 19.3 Å². The Labute approximate surface area is 112 Å². The number of hydrogen-bond donors (Lipinski definition) is 2. The van der Waals surface area contributed by atoms with E-state index < -0.39 is 23.3 Å². The molecule has 0 aliphatic heterocycles. The van der Waals surface area contributed by atoms with Gasteiger partial charge in [-0.15, -0.1) is 0 Å². The topological polar surface area (TPSA) is 92.2 Å². The van der Waals surface area contributed by atoms with Crippen LogP contribution < -0.4 is 5.32 Å². The number of aromatic nitrogens is 2. The molecule has 1 rings (SSSR count). The highest BCUT2D eigenvalue weighted by Gasteiger charge is 2.33. The van der Waals surface area contributed by atoms with Crippen LogP contribution >= 0.6 is 0 Å². The summed E-state index contributed by atoms with van der Waals surface area (Å²) in [7, 11) is 0. The van der Waals surface area contributed by atoms with E-state index >= 15 is 0 Å². The van der Waals surface area contributed by atoms with Gasteiger partial charge >= 0.3 is 5.97 Å². The quantitative estimate of drug-likeness (QED) is 0.860. The normalized spacial score (nSPS) is 12.9. The lowest BCUT2D eigenvalue weighted by Gasteiger charge is -2.27. The van der Waals surface area contributed by atoms with Gasteiger partial charge in [-0.05, 0) is 25.3 Å². The standard InChI is InChI=1S/C13H19N3O3/c1-7-6-9(8(2)16-15-7)11(17)14-10(12(18)19)13(3,4)5/h6,10H,1-5H3,(H,14,17)(H,18,19)/t10-/m0/s1. The molecule has 1 atom stereocenters. The third-order valence-electron chi connectivity index (χ3n) is 2.73. The van der Waals surface area contributed by atoms with Gasteiger partial charge in [0, 0.05) is 0 Å². The molecular formula is C13H19N3O3. The molecule has 0 saturated heterocycles. The molecule has 0 spiro atoms. The van der Waals surface area contributed by atoms with E-state index in [1.807, 2.05) is 0 Å². The van der Waals surface area contributed by atoms with Crippen LogP contribution in [0.4, 0.5) is 0 Å². The minimum atomic E-state index is -1.06. The van der Waals surface area contributed by atoms with Crippen LogP contribution in [0.15, 0.2) is 6.07 Å². The monoisotopic (exact) mass is 265 g/mol. The molecular weight excluding hydrogens is 246 g/mol. The lowest BCUT2D eigenvalue weighted by Crippen LogP contribution is -2.49. The van der Waals surface area contributed by atoms with Crippen LogP contribution in [0.1, 0.15) is 42.5 Å². The summed E-state index contributed by atoms with van der Waals surface area (Å²) in [4.78, 5) is 23.4. The minimum Gasteiger partial charge on any atom is -0.480 e. The maximum atomic E-state index is 12.1. The Hall–Kier alpha value is -1.98. The molecule has 1 amide bonds. The number of rotatable bonds is 3. The number of aliphatic carboxylic acids is 1. The second-order valence-electron chi connectivity index (χ2n) is 5.60. The van der Waals surface area contributed by atoms with Crippen molar-refractivity contribution >= 4 is 11.9 Å². The first-order valence-electron chi connectivity index (χ1n) is 5.97. The predicted molar refractivity (Wildman–Crippen MR) is 69.9 cm³/mol. The molecule has 1 aromatic rings. The van der Waals surface area contributed by atoms with Gasteiger partial charge in [-0.25, -0.2) is 4.79 Å². The molecule has 6 nitrogen and oxygen atoms in total. The highest BCUT2D eigenvalue weighted by molar-refractivity contribution is 5.97. The number of hydrogen-bond acceptors (Lipinski definition) is 4. The highest BCUT2D eigenvalue weighted by atomic mass is 16.4. The Bertz CT molecular complexity index is 506. The number of carboxylic acid groups (broad SMARTS) is 1. The summed E-state index contributed by atoms with van der Waals surface area (Å²) in [5, 5.41) is 19.4. The number of amides is 1. The predicted octanol–water partition coefficient (Wildman–Crippen LogP) is 1.32. The van der Waals surface area contributed by atoms with Crippen molar-refractivity contribution in [2.24, 2.45) is 5.41 Å². The van der Waals surface area contributed by atoms with E-state index in [0.29, 0.717) is 17.0 Å². The van der Waals surface area contributed by atoms with Gasteiger partial charge in [-0.1, -0.05) is 20.8 Å². The minimum absolute atomic E-state index is 0.350. The summed E-state index contributed by atoms with van der Waals surface area (Å²) < 4.78 is 0. The fraction of sp³-hybridized carbons (Fsp3) is 0.538. The van der Waals surface area contributed by atoms with E-state index in [4.69, 9.17) is 0 Å². The number of carboxylic acids is 1. The second kappa shape index (κ2) is 5.34. The van der Waals surface area contributed by atoms with Crippen molar-refractivity contribution in [1.29, 1.82) is 0 Å². The Morgan fingerprint density at radius 3 is 2.32 bits per heavy atom. The Morgan fingerprint density at radius 2 is 1.84 bits per heavy atom. The third-order valence-corrected chi connectivity index (χ3v) is 2.73. The van der Waals surface area contributed by atoms with Gasteiger partial charge in [-0.3, -0.25) is 4.79 Å². The summed E-state index contributed by atoms with van der Waals surface area (Å²) in [6, 6.07) is 0.632. The maximum absolute atomic E-state index is 12.1. The molecule has 2 N–H and O–H groups in total. The summed E-state index contributed by atoms with van der Waals surface area (Å²) in [5.41, 5.74) is 0.854. The number of carbonyl (C=O) groups is 2. The molecule has 0 aliphatic rings. The lowest BCUT2D eigenvalue weighted by atomic mass is 9.86.